The molecule has 0 radical (unpaired) electrons. The van der Waals surface area contributed by atoms with Gasteiger partial charge in [0, 0.05) is 18.5 Å². The summed E-state index contributed by atoms with van der Waals surface area (Å²) in [6.45, 7) is 2.03. The highest BCUT2D eigenvalue weighted by atomic mass is 35.5. The second-order valence-corrected chi connectivity index (χ2v) is 5.28. The van der Waals surface area contributed by atoms with Crippen molar-refractivity contribution in [1.82, 2.24) is 14.5 Å². The Morgan fingerprint density at radius 1 is 1.29 bits per heavy atom. The van der Waals surface area contributed by atoms with E-state index in [1.165, 1.54) is 12.1 Å². The normalized spacial score (nSPS) is 12.7. The summed E-state index contributed by atoms with van der Waals surface area (Å²) < 4.78 is 15.6. The topological polar surface area (TPSA) is 30.7 Å². The molecule has 3 aromatic rings. The van der Waals surface area contributed by atoms with Crippen LogP contribution in [0.25, 0.3) is 11.0 Å². The molecule has 1 atom stereocenters. The van der Waals surface area contributed by atoms with E-state index in [4.69, 9.17) is 11.6 Å². The number of hydrogen-bond acceptors (Lipinski definition) is 2. The number of aromatic nitrogens is 3. The summed E-state index contributed by atoms with van der Waals surface area (Å²) in [6.07, 6.45) is 2.39. The van der Waals surface area contributed by atoms with Gasteiger partial charge in [0.25, 0.3) is 0 Å². The Morgan fingerprint density at radius 3 is 2.86 bits per heavy atom. The number of aryl methyl sites for hydroxylation is 1. The van der Waals surface area contributed by atoms with Crippen molar-refractivity contribution >= 4 is 22.6 Å². The maximum atomic E-state index is 13.6. The molecule has 0 spiro atoms. The molecule has 0 aliphatic heterocycles. The van der Waals surface area contributed by atoms with Gasteiger partial charge in [-0.05, 0) is 37.3 Å². The number of benzene rings is 1. The van der Waals surface area contributed by atoms with E-state index in [-0.39, 0.29) is 11.9 Å². The molecule has 2 heterocycles. The average Bonchev–Trinajstić information content (AvgIpc) is 2.85. The molecule has 1 unspecified atom stereocenters. The third-order valence-electron chi connectivity index (χ3n) is 3.55. The van der Waals surface area contributed by atoms with E-state index in [0.717, 1.165) is 22.6 Å². The minimum atomic E-state index is -0.269. The van der Waals surface area contributed by atoms with E-state index < -0.39 is 0 Å². The van der Waals surface area contributed by atoms with Crippen molar-refractivity contribution in [2.75, 3.05) is 5.88 Å². The number of halogens is 2. The highest BCUT2D eigenvalue weighted by Crippen LogP contribution is 2.26. The van der Waals surface area contributed by atoms with Gasteiger partial charge in [0.15, 0.2) is 0 Å². The van der Waals surface area contributed by atoms with Crippen LogP contribution < -0.4 is 0 Å². The van der Waals surface area contributed by atoms with Gasteiger partial charge < -0.3 is 4.57 Å². The number of hydrogen-bond donors (Lipinski definition) is 0. The van der Waals surface area contributed by atoms with Crippen LogP contribution in [0.5, 0.6) is 0 Å². The maximum Gasteiger partial charge on any atom is 0.125 e. The maximum absolute atomic E-state index is 13.6. The molecular formula is C16H15ClFN3. The third-order valence-corrected chi connectivity index (χ3v) is 3.73. The van der Waals surface area contributed by atoms with E-state index in [2.05, 4.69) is 9.97 Å². The summed E-state index contributed by atoms with van der Waals surface area (Å²) in [7, 11) is 0. The SMILES string of the molecule is CC(c1ccccn1)n1c(CCCl)nc2ccc(F)cc21. The van der Waals surface area contributed by atoms with E-state index in [1.54, 1.807) is 12.3 Å². The lowest BCUT2D eigenvalue weighted by atomic mass is 10.2. The molecule has 2 aromatic heterocycles. The van der Waals surface area contributed by atoms with Gasteiger partial charge in [-0.15, -0.1) is 11.6 Å². The van der Waals surface area contributed by atoms with Crippen molar-refractivity contribution in [3.8, 4) is 0 Å². The lowest BCUT2D eigenvalue weighted by Gasteiger charge is -2.17. The molecule has 0 aliphatic carbocycles. The van der Waals surface area contributed by atoms with Crippen molar-refractivity contribution in [2.45, 2.75) is 19.4 Å². The molecule has 0 bridgehead atoms. The fourth-order valence-electron chi connectivity index (χ4n) is 2.56. The second kappa shape index (κ2) is 5.82. The zero-order valence-corrected chi connectivity index (χ0v) is 12.4. The Labute approximate surface area is 127 Å². The Hall–Kier alpha value is -1.94. The first-order chi connectivity index (χ1) is 10.2. The highest BCUT2D eigenvalue weighted by molar-refractivity contribution is 6.17. The van der Waals surface area contributed by atoms with Crippen LogP contribution in [0.3, 0.4) is 0 Å². The number of imidazole rings is 1. The number of alkyl halides is 1. The summed E-state index contributed by atoms with van der Waals surface area (Å²) in [5.41, 5.74) is 2.46. The van der Waals surface area contributed by atoms with Gasteiger partial charge in [-0.25, -0.2) is 9.37 Å². The minimum Gasteiger partial charge on any atom is -0.319 e. The molecular weight excluding hydrogens is 289 g/mol. The summed E-state index contributed by atoms with van der Waals surface area (Å²) >= 11 is 5.87. The Balaban J connectivity index is 2.18. The largest absolute Gasteiger partial charge is 0.319 e. The summed E-state index contributed by atoms with van der Waals surface area (Å²) in [5.74, 6) is 1.05. The highest BCUT2D eigenvalue weighted by Gasteiger charge is 2.18. The van der Waals surface area contributed by atoms with Gasteiger partial charge >= 0.3 is 0 Å². The third kappa shape index (κ3) is 2.63. The Bertz CT molecular complexity index is 755. The molecule has 0 N–H and O–H groups in total. The number of nitrogens with zero attached hydrogens (tertiary/aromatic N) is 3. The first-order valence-corrected chi connectivity index (χ1v) is 7.37. The molecule has 108 valence electrons. The van der Waals surface area contributed by atoms with Crippen LogP contribution >= 0.6 is 11.6 Å². The van der Waals surface area contributed by atoms with Crippen molar-refractivity contribution in [3.63, 3.8) is 0 Å². The number of fused-ring (bicyclic) bond motifs is 1. The smallest absolute Gasteiger partial charge is 0.125 e. The van der Waals surface area contributed by atoms with Gasteiger partial charge in [-0.1, -0.05) is 6.07 Å². The molecule has 0 fully saturated rings. The number of rotatable bonds is 4. The van der Waals surface area contributed by atoms with Crippen molar-refractivity contribution in [1.29, 1.82) is 0 Å². The van der Waals surface area contributed by atoms with Crippen molar-refractivity contribution in [3.05, 3.63) is 59.9 Å². The monoisotopic (exact) mass is 303 g/mol. The van der Waals surface area contributed by atoms with Crippen LogP contribution in [0.4, 0.5) is 4.39 Å². The van der Waals surface area contributed by atoms with Gasteiger partial charge in [0.2, 0.25) is 0 Å². The molecule has 3 rings (SSSR count). The first kappa shape index (κ1) is 14.0. The molecule has 5 heteroatoms. The molecule has 3 nitrogen and oxygen atoms in total. The predicted octanol–water partition coefficient (Wildman–Crippen LogP) is 3.96. The summed E-state index contributed by atoms with van der Waals surface area (Å²) in [5, 5.41) is 0. The molecule has 1 aromatic carbocycles. The summed E-state index contributed by atoms with van der Waals surface area (Å²) in [4.78, 5) is 8.96. The van der Waals surface area contributed by atoms with E-state index >= 15 is 0 Å². The minimum absolute atomic E-state index is 0.0313. The van der Waals surface area contributed by atoms with Crippen molar-refractivity contribution in [2.24, 2.45) is 0 Å². The van der Waals surface area contributed by atoms with Crippen LogP contribution in [0.2, 0.25) is 0 Å². The fourth-order valence-corrected chi connectivity index (χ4v) is 2.73. The van der Waals surface area contributed by atoms with Gasteiger partial charge in [-0.2, -0.15) is 0 Å². The standard InChI is InChI=1S/C16H15ClFN3/c1-11(13-4-2-3-9-19-13)21-15-10-12(18)5-6-14(15)20-16(21)7-8-17/h2-6,9-11H,7-8H2,1H3. The second-order valence-electron chi connectivity index (χ2n) is 4.90. The quantitative estimate of drug-likeness (QED) is 0.683. The molecule has 0 saturated carbocycles. The van der Waals surface area contributed by atoms with Crippen LogP contribution in [0.1, 0.15) is 24.5 Å². The van der Waals surface area contributed by atoms with Crippen molar-refractivity contribution < 1.29 is 4.39 Å². The fraction of sp³-hybridized carbons (Fsp3) is 0.250. The van der Waals surface area contributed by atoms with Crippen LogP contribution in [0.15, 0.2) is 42.6 Å². The van der Waals surface area contributed by atoms with E-state index in [9.17, 15) is 4.39 Å². The Morgan fingerprint density at radius 2 is 2.14 bits per heavy atom. The zero-order chi connectivity index (χ0) is 14.8. The van der Waals surface area contributed by atoms with Gasteiger partial charge in [-0.3, -0.25) is 4.98 Å². The summed E-state index contributed by atoms with van der Waals surface area (Å²) in [6, 6.07) is 10.4. The lowest BCUT2D eigenvalue weighted by molar-refractivity contribution is 0.601. The molecule has 0 aliphatic rings. The van der Waals surface area contributed by atoms with Gasteiger partial charge in [0.1, 0.15) is 11.6 Å². The molecule has 0 saturated heterocycles. The molecule has 21 heavy (non-hydrogen) atoms. The first-order valence-electron chi connectivity index (χ1n) is 6.84. The number of pyridine rings is 1. The van der Waals surface area contributed by atoms with Crippen LogP contribution in [-0.4, -0.2) is 20.4 Å². The molecule has 0 amide bonds. The van der Waals surface area contributed by atoms with E-state index in [1.807, 2.05) is 29.7 Å². The van der Waals surface area contributed by atoms with Gasteiger partial charge in [0.05, 0.1) is 22.8 Å². The Kier molecular flexibility index (Phi) is 3.88. The predicted molar refractivity (Wildman–Crippen MR) is 82.2 cm³/mol. The van der Waals surface area contributed by atoms with Crippen LogP contribution in [-0.2, 0) is 6.42 Å². The average molecular weight is 304 g/mol. The lowest BCUT2D eigenvalue weighted by Crippen LogP contribution is -2.12. The zero-order valence-electron chi connectivity index (χ0n) is 11.6. The van der Waals surface area contributed by atoms with Crippen LogP contribution in [0, 0.1) is 5.82 Å². The van der Waals surface area contributed by atoms with E-state index in [0.29, 0.717) is 12.3 Å².